The summed E-state index contributed by atoms with van der Waals surface area (Å²) in [7, 11) is 0. The fourth-order valence-corrected chi connectivity index (χ4v) is 2.48. The molecule has 0 saturated carbocycles. The topological polar surface area (TPSA) is 43.8 Å². The van der Waals surface area contributed by atoms with Gasteiger partial charge in [0.1, 0.15) is 11.3 Å². The molecule has 0 saturated heterocycles. The summed E-state index contributed by atoms with van der Waals surface area (Å²) in [5.74, 6) is -1.08. The number of benzene rings is 1. The molecule has 5 heteroatoms. The summed E-state index contributed by atoms with van der Waals surface area (Å²) in [4.78, 5) is 4.00. The van der Waals surface area contributed by atoms with Crippen LogP contribution in [0.5, 0.6) is 0 Å². The molecule has 2 rings (SSSR count). The van der Waals surface area contributed by atoms with Gasteiger partial charge in [-0.3, -0.25) is 0 Å². The molecular formula is C13H17F2N3. The molecule has 2 N–H and O–H groups in total. The highest BCUT2D eigenvalue weighted by Crippen LogP contribution is 2.31. The van der Waals surface area contributed by atoms with Gasteiger partial charge in [-0.15, -0.1) is 0 Å². The van der Waals surface area contributed by atoms with Crippen molar-refractivity contribution in [1.29, 1.82) is 0 Å². The third-order valence-electron chi connectivity index (χ3n) is 3.17. The molecule has 1 heterocycles. The Bertz CT molecular complexity index is 587. The van der Waals surface area contributed by atoms with E-state index in [1.54, 1.807) is 4.57 Å². The standard InChI is InChI=1S/C13H17F2N3/c1-4-5-13(2,3)18-10-7-8(14)6-9(15)11(10)17-12(18)16/h6-7H,4-5H2,1-3H3,(H2,16,17). The molecule has 18 heavy (non-hydrogen) atoms. The van der Waals surface area contributed by atoms with Gasteiger partial charge in [0.15, 0.2) is 5.82 Å². The van der Waals surface area contributed by atoms with Crippen molar-refractivity contribution in [3.8, 4) is 0 Å². The first kappa shape index (κ1) is 12.8. The first-order valence-electron chi connectivity index (χ1n) is 6.00. The minimum absolute atomic E-state index is 0.123. The molecule has 0 unspecified atom stereocenters. The van der Waals surface area contributed by atoms with E-state index < -0.39 is 11.6 Å². The summed E-state index contributed by atoms with van der Waals surface area (Å²) in [6.07, 6.45) is 1.80. The van der Waals surface area contributed by atoms with Crippen molar-refractivity contribution in [3.63, 3.8) is 0 Å². The Kier molecular flexibility index (Phi) is 3.00. The molecule has 3 nitrogen and oxygen atoms in total. The molecule has 0 atom stereocenters. The molecule has 0 fully saturated rings. The monoisotopic (exact) mass is 253 g/mol. The lowest BCUT2D eigenvalue weighted by atomic mass is 9.98. The van der Waals surface area contributed by atoms with Gasteiger partial charge in [0, 0.05) is 17.7 Å². The zero-order valence-electron chi connectivity index (χ0n) is 10.8. The van der Waals surface area contributed by atoms with Gasteiger partial charge in [-0.05, 0) is 20.3 Å². The highest BCUT2D eigenvalue weighted by atomic mass is 19.1. The van der Waals surface area contributed by atoms with Crippen molar-refractivity contribution >= 4 is 17.0 Å². The number of hydrogen-bond acceptors (Lipinski definition) is 2. The molecule has 2 aromatic rings. The SMILES string of the molecule is CCCC(C)(C)n1c(N)nc2c(F)cc(F)cc21. The molecule has 0 aliphatic rings. The lowest BCUT2D eigenvalue weighted by molar-refractivity contribution is 0.338. The Balaban J connectivity index is 2.74. The van der Waals surface area contributed by atoms with Crippen molar-refractivity contribution < 1.29 is 8.78 Å². The van der Waals surface area contributed by atoms with Gasteiger partial charge in [0.25, 0.3) is 0 Å². The second-order valence-electron chi connectivity index (χ2n) is 5.12. The number of aromatic nitrogens is 2. The molecule has 0 bridgehead atoms. The van der Waals surface area contributed by atoms with E-state index in [1.807, 2.05) is 13.8 Å². The molecule has 0 radical (unpaired) electrons. The van der Waals surface area contributed by atoms with Crippen LogP contribution in [-0.2, 0) is 5.54 Å². The molecule has 1 aromatic heterocycles. The summed E-state index contributed by atoms with van der Waals surface area (Å²) in [6.45, 7) is 6.02. The molecule has 0 aliphatic heterocycles. The maximum atomic E-state index is 13.6. The van der Waals surface area contributed by atoms with E-state index in [1.165, 1.54) is 6.07 Å². The average molecular weight is 253 g/mol. The van der Waals surface area contributed by atoms with Crippen LogP contribution in [0.25, 0.3) is 11.0 Å². The maximum absolute atomic E-state index is 13.6. The second-order valence-corrected chi connectivity index (χ2v) is 5.12. The van der Waals surface area contributed by atoms with Crippen LogP contribution in [0.1, 0.15) is 33.6 Å². The first-order valence-corrected chi connectivity index (χ1v) is 6.00. The fraction of sp³-hybridized carbons (Fsp3) is 0.462. The molecular weight excluding hydrogens is 236 g/mol. The normalized spacial score (nSPS) is 12.3. The fourth-order valence-electron chi connectivity index (χ4n) is 2.48. The minimum Gasteiger partial charge on any atom is -0.369 e. The van der Waals surface area contributed by atoms with Crippen molar-refractivity contribution in [2.75, 3.05) is 5.73 Å². The minimum atomic E-state index is -0.678. The van der Waals surface area contributed by atoms with Gasteiger partial charge < -0.3 is 10.3 Å². The van der Waals surface area contributed by atoms with E-state index in [4.69, 9.17) is 5.73 Å². The summed E-state index contributed by atoms with van der Waals surface area (Å²) in [6, 6.07) is 2.10. The molecule has 98 valence electrons. The van der Waals surface area contributed by atoms with Crippen LogP contribution >= 0.6 is 0 Å². The molecule has 1 aromatic carbocycles. The Labute approximate surface area is 105 Å². The molecule has 0 aliphatic carbocycles. The number of nitrogens with two attached hydrogens (primary N) is 1. The summed E-state index contributed by atoms with van der Waals surface area (Å²) in [5, 5.41) is 0. The zero-order valence-corrected chi connectivity index (χ0v) is 10.8. The van der Waals surface area contributed by atoms with Gasteiger partial charge in [0.2, 0.25) is 5.95 Å². The number of nitrogen functional groups attached to an aromatic ring is 1. The van der Waals surface area contributed by atoms with Crippen molar-refractivity contribution in [2.45, 2.75) is 39.2 Å². The van der Waals surface area contributed by atoms with Gasteiger partial charge in [0.05, 0.1) is 5.52 Å². The number of anilines is 1. The van der Waals surface area contributed by atoms with E-state index in [-0.39, 0.29) is 17.0 Å². The Morgan fingerprint density at radius 1 is 1.33 bits per heavy atom. The third-order valence-corrected chi connectivity index (χ3v) is 3.17. The van der Waals surface area contributed by atoms with E-state index in [0.29, 0.717) is 5.52 Å². The number of fused-ring (bicyclic) bond motifs is 1. The number of imidazole rings is 1. The molecule has 0 spiro atoms. The third kappa shape index (κ3) is 1.94. The van der Waals surface area contributed by atoms with Gasteiger partial charge >= 0.3 is 0 Å². The zero-order chi connectivity index (χ0) is 13.5. The largest absolute Gasteiger partial charge is 0.369 e. The van der Waals surface area contributed by atoms with Crippen LogP contribution in [-0.4, -0.2) is 9.55 Å². The number of nitrogens with zero attached hydrogens (tertiary/aromatic N) is 2. The first-order chi connectivity index (χ1) is 8.36. The van der Waals surface area contributed by atoms with E-state index in [2.05, 4.69) is 11.9 Å². The Morgan fingerprint density at radius 3 is 2.61 bits per heavy atom. The smallest absolute Gasteiger partial charge is 0.201 e. The van der Waals surface area contributed by atoms with E-state index >= 15 is 0 Å². The van der Waals surface area contributed by atoms with Crippen LogP contribution in [0.2, 0.25) is 0 Å². The van der Waals surface area contributed by atoms with Crippen LogP contribution < -0.4 is 5.73 Å². The highest BCUT2D eigenvalue weighted by molar-refractivity contribution is 5.79. The van der Waals surface area contributed by atoms with Crippen molar-refractivity contribution in [1.82, 2.24) is 9.55 Å². The predicted molar refractivity (Wildman–Crippen MR) is 68.3 cm³/mol. The average Bonchev–Trinajstić information content (AvgIpc) is 2.55. The van der Waals surface area contributed by atoms with E-state index in [0.717, 1.165) is 18.9 Å². The van der Waals surface area contributed by atoms with Gasteiger partial charge in [-0.25, -0.2) is 13.8 Å². The second kappa shape index (κ2) is 4.23. The molecule has 0 amide bonds. The number of hydrogen-bond donors (Lipinski definition) is 1. The van der Waals surface area contributed by atoms with Crippen molar-refractivity contribution in [3.05, 3.63) is 23.8 Å². The van der Waals surface area contributed by atoms with E-state index in [9.17, 15) is 8.78 Å². The number of rotatable bonds is 3. The predicted octanol–water partition coefficient (Wildman–Crippen LogP) is 3.43. The van der Waals surface area contributed by atoms with Crippen molar-refractivity contribution in [2.24, 2.45) is 0 Å². The Hall–Kier alpha value is -1.65. The summed E-state index contributed by atoms with van der Waals surface area (Å²) >= 11 is 0. The lowest BCUT2D eigenvalue weighted by Gasteiger charge is -2.28. The van der Waals surface area contributed by atoms with Crippen LogP contribution in [0.3, 0.4) is 0 Å². The van der Waals surface area contributed by atoms with Crippen LogP contribution in [0, 0.1) is 11.6 Å². The number of halogens is 2. The maximum Gasteiger partial charge on any atom is 0.201 e. The summed E-state index contributed by atoms with van der Waals surface area (Å²) < 4.78 is 28.7. The van der Waals surface area contributed by atoms with Crippen LogP contribution in [0.15, 0.2) is 12.1 Å². The lowest BCUT2D eigenvalue weighted by Crippen LogP contribution is -2.27. The highest BCUT2D eigenvalue weighted by Gasteiger charge is 2.25. The summed E-state index contributed by atoms with van der Waals surface area (Å²) in [5.41, 5.74) is 6.06. The Morgan fingerprint density at radius 2 is 2.00 bits per heavy atom. The van der Waals surface area contributed by atoms with Gasteiger partial charge in [-0.1, -0.05) is 13.3 Å². The van der Waals surface area contributed by atoms with Gasteiger partial charge in [-0.2, -0.15) is 0 Å². The quantitative estimate of drug-likeness (QED) is 0.910. The van der Waals surface area contributed by atoms with Crippen LogP contribution in [0.4, 0.5) is 14.7 Å².